The molecule has 0 spiro atoms. The number of para-hydroxylation sites is 3. The number of nitriles is 5. The van der Waals surface area contributed by atoms with Crippen LogP contribution in [0.2, 0.25) is 25.1 Å². The number of rotatable bonds is 20. The van der Waals surface area contributed by atoms with Crippen molar-refractivity contribution >= 4 is 134 Å². The molecule has 0 bridgehead atoms. The number of carbonyl (C=O) groups excluding carboxylic acids is 5. The van der Waals surface area contributed by atoms with E-state index in [9.17, 15) is 74.4 Å². The number of phenols is 3. The molecule has 15 aromatic carbocycles. The van der Waals surface area contributed by atoms with Crippen LogP contribution >= 0.6 is 70.6 Å². The van der Waals surface area contributed by atoms with Crippen molar-refractivity contribution in [1.82, 2.24) is 0 Å². The summed E-state index contributed by atoms with van der Waals surface area (Å²) in [6, 6.07) is 94.5. The van der Waals surface area contributed by atoms with Crippen LogP contribution in [0.1, 0.15) is 200 Å². The van der Waals surface area contributed by atoms with Gasteiger partial charge in [0.2, 0.25) is 0 Å². The molecular weight excluding hydrogens is 1920 g/mol. The predicted molar refractivity (Wildman–Crippen MR) is 569 cm³/mol. The van der Waals surface area contributed by atoms with Crippen LogP contribution in [-0.2, 0) is 0 Å². The smallest absolute Gasteiger partial charge is 0.259 e. The predicted octanol–water partition coefficient (Wildman–Crippen LogP) is 29.2. The Hall–Kier alpha value is -16.0. The number of amides is 5. The third-order valence-corrected chi connectivity index (χ3v) is 25.2. The Balaban J connectivity index is 0.000000183. The highest BCUT2D eigenvalue weighted by Crippen LogP contribution is 2.42. The van der Waals surface area contributed by atoms with Gasteiger partial charge in [-0.25, -0.2) is 8.78 Å². The largest absolute Gasteiger partial charge is 0.507 e. The number of nitrogens with two attached hydrogens (primary N) is 1. The second-order valence-electron chi connectivity index (χ2n) is 33.5. The van der Waals surface area contributed by atoms with Crippen molar-refractivity contribution in [3.63, 3.8) is 0 Å². The number of aryl methyl sites for hydroxylation is 10. The molecule has 0 saturated heterocycles. The Morgan fingerprint density at radius 2 is 0.545 bits per heavy atom. The molecule has 27 heteroatoms. The quantitative estimate of drug-likeness (QED) is 0.0251. The minimum Gasteiger partial charge on any atom is -0.507 e. The Labute approximate surface area is 860 Å². The van der Waals surface area contributed by atoms with E-state index in [0.29, 0.717) is 109 Å². The lowest BCUT2D eigenvalue weighted by atomic mass is 9.90. The molecule has 10 N–H and O–H groups in total. The van der Waals surface area contributed by atoms with Crippen molar-refractivity contribution in [3.8, 4) is 47.6 Å². The zero-order valence-corrected chi connectivity index (χ0v) is 83.1. The number of benzene rings is 15. The zero-order chi connectivity index (χ0) is 103. The van der Waals surface area contributed by atoms with Crippen LogP contribution in [0.5, 0.6) is 17.2 Å². The summed E-state index contributed by atoms with van der Waals surface area (Å²) >= 11 is 36.6. The lowest BCUT2D eigenvalue weighted by Gasteiger charge is -2.16. The highest BCUT2D eigenvalue weighted by molar-refractivity contribution is 7.80. The van der Waals surface area contributed by atoms with Gasteiger partial charge >= 0.3 is 0 Å². The Bertz CT molecular complexity index is 6960. The molecule has 143 heavy (non-hydrogen) atoms. The van der Waals surface area contributed by atoms with E-state index >= 15 is 0 Å². The first kappa shape index (κ1) is 109. The average molecular weight is 2020 g/mol. The lowest BCUT2D eigenvalue weighted by molar-refractivity contribution is 0.101. The minimum atomic E-state index is -0.877. The van der Waals surface area contributed by atoms with Crippen molar-refractivity contribution in [2.24, 2.45) is 0 Å². The fourth-order valence-electron chi connectivity index (χ4n) is 15.1. The summed E-state index contributed by atoms with van der Waals surface area (Å²) in [6.45, 7) is 19.1. The maximum Gasteiger partial charge on any atom is 0.259 e. The molecule has 0 aliphatic rings. The average Bonchev–Trinajstić information content (AvgIpc) is 0.808. The van der Waals surface area contributed by atoms with E-state index in [2.05, 4.69) is 69.6 Å². The SMILES string of the molecule is C.Cc1ccc(C(C#N)c2cc(C)c(NC(=O)c3cc(F)ccc3O)cc2Cl)cc1.Cc1ccc(C(C#N)c2cc(C)c(NC(=O)c3cccc(F)c3O)cc2Cl)cc1.Cc1ccc(C(C#N)c2cc(C)c(NC(=O)c3ccccc3N)cc2Cl)cc1.Cc1ccc(C(C#N)c2cc(C)c(NC(=O)c3ccccc3O)cc2Cl)cc1.Cc1ccc(C(C#N)c2cc(C)c(NC(=O)c3ccccc3S)cc2Cl)cc1. The maximum absolute atomic E-state index is 13.5. The fraction of sp³-hybridized carbons (Fsp3) is 0.138. The summed E-state index contributed by atoms with van der Waals surface area (Å²) in [5.74, 6) is -7.54. The molecule has 15 rings (SSSR count). The molecule has 0 aliphatic heterocycles. The van der Waals surface area contributed by atoms with Gasteiger partial charge in [0.25, 0.3) is 29.5 Å². The summed E-state index contributed by atoms with van der Waals surface area (Å²) < 4.78 is 26.9. The molecule has 5 atom stereocenters. The summed E-state index contributed by atoms with van der Waals surface area (Å²) in [6.07, 6.45) is 0. The molecule has 0 aliphatic carbocycles. The third kappa shape index (κ3) is 27.8. The first-order valence-corrected chi connectivity index (χ1v) is 46.4. The number of nitrogens with one attached hydrogen (secondary N) is 5. The van der Waals surface area contributed by atoms with Gasteiger partial charge in [0.05, 0.1) is 87.8 Å². The highest BCUT2D eigenvalue weighted by atomic mass is 35.5. The molecule has 5 amide bonds. The molecule has 19 nitrogen and oxygen atoms in total. The Morgan fingerprint density at radius 3 is 0.839 bits per heavy atom. The molecule has 0 aromatic heterocycles. The molecule has 720 valence electrons. The zero-order valence-electron chi connectivity index (χ0n) is 78.4. The van der Waals surface area contributed by atoms with Crippen LogP contribution < -0.4 is 32.3 Å². The van der Waals surface area contributed by atoms with Crippen LogP contribution in [0.15, 0.2) is 296 Å². The fourth-order valence-corrected chi connectivity index (χ4v) is 16.7. The van der Waals surface area contributed by atoms with Crippen LogP contribution in [-0.4, -0.2) is 44.9 Å². The van der Waals surface area contributed by atoms with Gasteiger partial charge in [0, 0.05) is 64.1 Å². The van der Waals surface area contributed by atoms with Gasteiger partial charge in [0.1, 0.15) is 17.3 Å². The number of halogens is 7. The number of nitrogen functional groups attached to an aromatic ring is 1. The Kier molecular flexibility index (Phi) is 38.2. The first-order valence-electron chi connectivity index (χ1n) is 44.1. The van der Waals surface area contributed by atoms with Gasteiger partial charge in [-0.1, -0.05) is 287 Å². The number of thiol groups is 1. The maximum atomic E-state index is 13.5. The van der Waals surface area contributed by atoms with Crippen molar-refractivity contribution in [2.45, 2.75) is 111 Å². The molecular formula is C116H98Cl5F2N11O8S. The van der Waals surface area contributed by atoms with E-state index in [0.717, 1.165) is 102 Å². The number of hydrogen-bond acceptors (Lipinski definition) is 15. The monoisotopic (exact) mass is 2020 g/mol. The number of phenolic OH excluding ortho intramolecular Hbond substituents is 3. The lowest BCUT2D eigenvalue weighted by Crippen LogP contribution is -2.15. The van der Waals surface area contributed by atoms with Gasteiger partial charge in [-0.3, -0.25) is 24.0 Å². The molecule has 0 heterocycles. The van der Waals surface area contributed by atoms with Crippen LogP contribution in [0.3, 0.4) is 0 Å². The second-order valence-corrected chi connectivity index (χ2v) is 36.0. The molecule has 0 radical (unpaired) electrons. The first-order chi connectivity index (χ1) is 67.8. The number of carbonyl (C=O) groups is 5. The van der Waals surface area contributed by atoms with E-state index in [1.165, 1.54) is 18.2 Å². The summed E-state index contributed by atoms with van der Waals surface area (Å²) in [5.41, 5.74) is 26.5. The highest BCUT2D eigenvalue weighted by Gasteiger charge is 2.28. The molecule has 5 unspecified atom stereocenters. The van der Waals surface area contributed by atoms with Crippen LogP contribution in [0.4, 0.5) is 42.9 Å². The number of aromatic hydroxyl groups is 3. The van der Waals surface area contributed by atoms with Gasteiger partial charge in [-0.05, 0) is 250 Å². The van der Waals surface area contributed by atoms with E-state index in [1.807, 2.05) is 201 Å². The molecule has 15 aromatic rings. The normalized spacial score (nSPS) is 11.4. The number of hydrogen-bond donors (Lipinski definition) is 10. The minimum absolute atomic E-state index is 0. The summed E-state index contributed by atoms with van der Waals surface area (Å²) in [7, 11) is 0. The van der Waals surface area contributed by atoms with Gasteiger partial charge in [-0.15, -0.1) is 12.6 Å². The van der Waals surface area contributed by atoms with E-state index in [1.54, 1.807) is 117 Å². The van der Waals surface area contributed by atoms with Gasteiger partial charge < -0.3 is 47.6 Å². The van der Waals surface area contributed by atoms with Gasteiger partial charge in [0.15, 0.2) is 11.6 Å². The molecule has 0 saturated carbocycles. The van der Waals surface area contributed by atoms with E-state index in [4.69, 9.17) is 63.7 Å². The topological polar surface area (TPSA) is 351 Å². The number of anilines is 6. The standard InChI is InChI=1S/2C23H18ClFN2O2.C23H20ClN3O.C23H19ClN2O2.C23H19ClN2OS.CH4/c1-13-3-5-15(6-4-13)19(12-26)17-9-14(2)21(11-20(17)24)27-23(29)18-10-16(25)7-8-22(18)28;1-13-6-8-15(9-7-13)18(12-26)17-10-14(2)21(11-19(17)24)27-23(29)16-4-3-5-20(25)22(16)28;1-14-7-9-16(10-8-14)19(13-25)18-11-15(2)22(12-20(18)24)27-23(28)17-5-3-4-6-21(17)26;1-14-7-9-16(10-8-14)19(13-25)18-11-15(2)21(12-20(18)24)26-23(28)17-5-3-4-6-22(17)27;1-14-7-9-16(10-8-14)19(13-25)18-11-15(2)21(12-20(18)24)26-23(27)17-5-3-4-6-22(17)28;/h3-11,19,28H,1-2H3,(H,27,29);3-11,18,28H,1-2H3,(H,27,29);3-12,19H,26H2,1-2H3,(H,27,28);3-12,19,27H,1-2H3,(H,26,28);3-12,19,28H,1-2H3,(H,26,27);1H4. The van der Waals surface area contributed by atoms with Crippen molar-refractivity contribution in [2.75, 3.05) is 32.3 Å². The number of nitrogens with zero attached hydrogens (tertiary/aromatic N) is 5. The van der Waals surface area contributed by atoms with E-state index in [-0.39, 0.29) is 47.4 Å². The second kappa shape index (κ2) is 50.2. The van der Waals surface area contributed by atoms with Crippen LogP contribution in [0.25, 0.3) is 0 Å². The Morgan fingerprint density at radius 1 is 0.301 bits per heavy atom. The van der Waals surface area contributed by atoms with E-state index < -0.39 is 64.7 Å². The van der Waals surface area contributed by atoms with Crippen LogP contribution in [0, 0.1) is 138 Å². The van der Waals surface area contributed by atoms with Crippen molar-refractivity contribution in [1.29, 1.82) is 26.3 Å². The third-order valence-electron chi connectivity index (χ3n) is 23.2. The van der Waals surface area contributed by atoms with Crippen molar-refractivity contribution in [3.05, 3.63) is 467 Å². The van der Waals surface area contributed by atoms with Gasteiger partial charge in [-0.2, -0.15) is 26.3 Å². The summed E-state index contributed by atoms with van der Waals surface area (Å²) in [5, 5.41) is 93.6. The molecule has 0 fully saturated rings. The van der Waals surface area contributed by atoms with Crippen molar-refractivity contribution < 1.29 is 48.1 Å². The summed E-state index contributed by atoms with van der Waals surface area (Å²) in [4.78, 5) is 63.1.